The number of benzene rings is 1. The van der Waals surface area contributed by atoms with Crippen LogP contribution in [0.15, 0.2) is 34.9 Å². The molecule has 2 heterocycles. The topological polar surface area (TPSA) is 51.5 Å². The van der Waals surface area contributed by atoms with E-state index in [2.05, 4.69) is 5.32 Å². The first kappa shape index (κ1) is 12.2. The number of carbonyl (C=O) groups excluding carboxylic acids is 1. The maximum atomic E-state index is 12.0. The van der Waals surface area contributed by atoms with E-state index in [0.717, 1.165) is 23.1 Å². The first-order chi connectivity index (χ1) is 9.31. The standard InChI is InChI=1S/C15H17NO3/c1-2-18-15(17)12-8-16-7-11(12)13-9-19-14-6-4-3-5-10(13)14/h3-6,9,11-12,16H,2,7-8H2,1H3. The number of furan rings is 1. The lowest BCUT2D eigenvalue weighted by molar-refractivity contribution is -0.147. The minimum Gasteiger partial charge on any atom is -0.466 e. The minimum atomic E-state index is -0.124. The Bertz CT molecular complexity index is 590. The Balaban J connectivity index is 1.94. The predicted molar refractivity (Wildman–Crippen MR) is 71.9 cm³/mol. The van der Waals surface area contributed by atoms with E-state index in [0.29, 0.717) is 13.2 Å². The van der Waals surface area contributed by atoms with Gasteiger partial charge in [0.2, 0.25) is 0 Å². The van der Waals surface area contributed by atoms with Gasteiger partial charge in [-0.15, -0.1) is 0 Å². The van der Waals surface area contributed by atoms with Crippen LogP contribution in [0.25, 0.3) is 11.0 Å². The summed E-state index contributed by atoms with van der Waals surface area (Å²) >= 11 is 0. The Labute approximate surface area is 111 Å². The van der Waals surface area contributed by atoms with Crippen molar-refractivity contribution in [2.45, 2.75) is 12.8 Å². The molecular formula is C15H17NO3. The zero-order chi connectivity index (χ0) is 13.2. The minimum absolute atomic E-state index is 0.122. The summed E-state index contributed by atoms with van der Waals surface area (Å²) in [6, 6.07) is 7.92. The van der Waals surface area contributed by atoms with Gasteiger partial charge in [-0.25, -0.2) is 0 Å². The summed E-state index contributed by atoms with van der Waals surface area (Å²) in [6.07, 6.45) is 1.77. The molecule has 1 aliphatic heterocycles. The first-order valence-corrected chi connectivity index (χ1v) is 6.64. The van der Waals surface area contributed by atoms with Gasteiger partial charge in [0.15, 0.2) is 0 Å². The zero-order valence-electron chi connectivity index (χ0n) is 10.9. The number of nitrogens with one attached hydrogen (secondary N) is 1. The van der Waals surface area contributed by atoms with E-state index in [9.17, 15) is 4.79 Å². The fourth-order valence-corrected chi connectivity index (χ4v) is 2.79. The van der Waals surface area contributed by atoms with E-state index < -0.39 is 0 Å². The molecule has 1 saturated heterocycles. The number of carbonyl (C=O) groups is 1. The van der Waals surface area contributed by atoms with Crippen LogP contribution in [0.4, 0.5) is 0 Å². The molecule has 100 valence electrons. The largest absolute Gasteiger partial charge is 0.466 e. The molecule has 2 unspecified atom stereocenters. The van der Waals surface area contributed by atoms with Crippen LogP contribution in [0.3, 0.4) is 0 Å². The van der Waals surface area contributed by atoms with Gasteiger partial charge >= 0.3 is 5.97 Å². The summed E-state index contributed by atoms with van der Waals surface area (Å²) in [7, 11) is 0. The third-order valence-electron chi connectivity index (χ3n) is 3.71. The number of hydrogen-bond donors (Lipinski definition) is 1. The van der Waals surface area contributed by atoms with E-state index in [1.165, 1.54) is 0 Å². The highest BCUT2D eigenvalue weighted by atomic mass is 16.5. The van der Waals surface area contributed by atoms with E-state index in [1.54, 1.807) is 6.26 Å². The molecule has 0 amide bonds. The average Bonchev–Trinajstić information content (AvgIpc) is 3.05. The molecule has 4 nitrogen and oxygen atoms in total. The monoisotopic (exact) mass is 259 g/mol. The van der Waals surface area contributed by atoms with Crippen molar-refractivity contribution in [3.05, 3.63) is 36.1 Å². The molecule has 0 saturated carbocycles. The van der Waals surface area contributed by atoms with Crippen LogP contribution in [0.5, 0.6) is 0 Å². The summed E-state index contributed by atoms with van der Waals surface area (Å²) in [5, 5.41) is 4.36. The van der Waals surface area contributed by atoms with Crippen molar-refractivity contribution in [1.29, 1.82) is 0 Å². The van der Waals surface area contributed by atoms with Gasteiger partial charge in [-0.05, 0) is 13.0 Å². The third-order valence-corrected chi connectivity index (χ3v) is 3.71. The highest BCUT2D eigenvalue weighted by Crippen LogP contribution is 2.34. The lowest BCUT2D eigenvalue weighted by Crippen LogP contribution is -2.24. The molecule has 0 spiro atoms. The second-order valence-electron chi connectivity index (χ2n) is 4.81. The van der Waals surface area contributed by atoms with Crippen LogP contribution in [-0.4, -0.2) is 25.7 Å². The summed E-state index contributed by atoms with van der Waals surface area (Å²) in [6.45, 7) is 3.72. The van der Waals surface area contributed by atoms with Crippen molar-refractivity contribution in [1.82, 2.24) is 5.32 Å². The van der Waals surface area contributed by atoms with Crippen molar-refractivity contribution in [2.24, 2.45) is 5.92 Å². The molecule has 1 N–H and O–H groups in total. The van der Waals surface area contributed by atoms with E-state index in [1.807, 2.05) is 31.2 Å². The third kappa shape index (κ3) is 2.12. The summed E-state index contributed by atoms with van der Waals surface area (Å²) in [5.74, 6) is -0.119. The Morgan fingerprint density at radius 3 is 3.11 bits per heavy atom. The first-order valence-electron chi connectivity index (χ1n) is 6.64. The average molecular weight is 259 g/mol. The molecule has 0 aliphatic carbocycles. The van der Waals surface area contributed by atoms with Gasteiger partial charge in [-0.1, -0.05) is 18.2 Å². The second kappa shape index (κ2) is 5.05. The SMILES string of the molecule is CCOC(=O)C1CNCC1c1coc2ccccc12. The molecule has 19 heavy (non-hydrogen) atoms. The van der Waals surface area contributed by atoms with Gasteiger partial charge in [-0.3, -0.25) is 4.79 Å². The maximum absolute atomic E-state index is 12.0. The molecule has 2 atom stereocenters. The summed E-state index contributed by atoms with van der Waals surface area (Å²) < 4.78 is 10.7. The number of hydrogen-bond acceptors (Lipinski definition) is 4. The molecule has 1 aromatic carbocycles. The fraction of sp³-hybridized carbons (Fsp3) is 0.400. The van der Waals surface area contributed by atoms with E-state index in [4.69, 9.17) is 9.15 Å². The van der Waals surface area contributed by atoms with E-state index >= 15 is 0 Å². The van der Waals surface area contributed by atoms with Gasteiger partial charge in [0.25, 0.3) is 0 Å². The van der Waals surface area contributed by atoms with Crippen LogP contribution in [0.2, 0.25) is 0 Å². The molecule has 1 aliphatic rings. The quantitative estimate of drug-likeness (QED) is 0.859. The molecule has 1 fully saturated rings. The highest BCUT2D eigenvalue weighted by molar-refractivity contribution is 5.83. The van der Waals surface area contributed by atoms with Gasteiger partial charge in [-0.2, -0.15) is 0 Å². The number of fused-ring (bicyclic) bond motifs is 1. The molecule has 1 aromatic heterocycles. The van der Waals surface area contributed by atoms with Crippen LogP contribution in [-0.2, 0) is 9.53 Å². The number of ether oxygens (including phenoxy) is 1. The zero-order valence-corrected chi connectivity index (χ0v) is 10.9. The lowest BCUT2D eigenvalue weighted by Gasteiger charge is -2.16. The van der Waals surface area contributed by atoms with Gasteiger partial charge in [0, 0.05) is 30.0 Å². The molecule has 3 rings (SSSR count). The van der Waals surface area contributed by atoms with Crippen molar-refractivity contribution < 1.29 is 13.9 Å². The fourth-order valence-electron chi connectivity index (χ4n) is 2.79. The Hall–Kier alpha value is -1.81. The number of esters is 1. The molecule has 2 aromatic rings. The highest BCUT2D eigenvalue weighted by Gasteiger charge is 2.36. The number of para-hydroxylation sites is 1. The second-order valence-corrected chi connectivity index (χ2v) is 4.81. The van der Waals surface area contributed by atoms with Gasteiger partial charge < -0.3 is 14.5 Å². The van der Waals surface area contributed by atoms with Crippen molar-refractivity contribution in [2.75, 3.05) is 19.7 Å². The van der Waals surface area contributed by atoms with Crippen LogP contribution >= 0.6 is 0 Å². The van der Waals surface area contributed by atoms with Gasteiger partial charge in [0.05, 0.1) is 18.8 Å². The molecule has 0 radical (unpaired) electrons. The van der Waals surface area contributed by atoms with Crippen LogP contribution in [0, 0.1) is 5.92 Å². The Morgan fingerprint density at radius 1 is 1.42 bits per heavy atom. The summed E-state index contributed by atoms with van der Waals surface area (Å²) in [4.78, 5) is 12.0. The normalized spacial score (nSPS) is 22.8. The van der Waals surface area contributed by atoms with E-state index in [-0.39, 0.29) is 17.8 Å². The lowest BCUT2D eigenvalue weighted by atomic mass is 9.89. The van der Waals surface area contributed by atoms with Crippen molar-refractivity contribution >= 4 is 16.9 Å². The van der Waals surface area contributed by atoms with Crippen molar-refractivity contribution in [3.8, 4) is 0 Å². The predicted octanol–water partition coefficient (Wildman–Crippen LogP) is 2.30. The molecule has 4 heteroatoms. The van der Waals surface area contributed by atoms with Crippen LogP contribution in [0.1, 0.15) is 18.4 Å². The molecule has 0 bridgehead atoms. The Kier molecular flexibility index (Phi) is 3.25. The van der Waals surface area contributed by atoms with Gasteiger partial charge in [0.1, 0.15) is 5.58 Å². The van der Waals surface area contributed by atoms with Crippen LogP contribution < -0.4 is 5.32 Å². The maximum Gasteiger partial charge on any atom is 0.310 e. The number of rotatable bonds is 3. The summed E-state index contributed by atoms with van der Waals surface area (Å²) in [5.41, 5.74) is 1.96. The van der Waals surface area contributed by atoms with Crippen molar-refractivity contribution in [3.63, 3.8) is 0 Å². The smallest absolute Gasteiger partial charge is 0.310 e. The Morgan fingerprint density at radius 2 is 2.26 bits per heavy atom. The molecular weight excluding hydrogens is 242 g/mol.